The van der Waals surface area contributed by atoms with Crippen molar-refractivity contribution >= 4 is 15.6 Å². The van der Waals surface area contributed by atoms with E-state index in [0.29, 0.717) is 0 Å². The Bertz CT molecular complexity index is 307. The first kappa shape index (κ1) is 16.2. The molecule has 0 spiro atoms. The summed E-state index contributed by atoms with van der Waals surface area (Å²) in [4.78, 5) is 25.3. The first-order chi connectivity index (χ1) is 6.97. The average Bonchev–Trinajstić information content (AvgIpc) is 1.98. The van der Waals surface area contributed by atoms with Crippen LogP contribution in [0.15, 0.2) is 0 Å². The molecular formula is C5H14O9P2. The highest BCUT2D eigenvalue weighted by atomic mass is 31.3. The second kappa shape index (κ2) is 5.68. The third-order valence-electron chi connectivity index (χ3n) is 1.45. The molecule has 0 aliphatic rings. The lowest BCUT2D eigenvalue weighted by molar-refractivity contribution is -0.0159. The van der Waals surface area contributed by atoms with Gasteiger partial charge in [0.15, 0.2) is 0 Å². The molecule has 0 bridgehead atoms. The Kier molecular flexibility index (Phi) is 5.74. The molecule has 98 valence electrons. The summed E-state index contributed by atoms with van der Waals surface area (Å²) in [6.07, 6.45) is -0.210. The quantitative estimate of drug-likeness (QED) is 0.382. The zero-order valence-corrected chi connectivity index (χ0v) is 10.2. The Morgan fingerprint density at radius 2 is 1.75 bits per heavy atom. The number of rotatable bonds is 7. The average molecular weight is 280 g/mol. The van der Waals surface area contributed by atoms with Gasteiger partial charge >= 0.3 is 15.6 Å². The predicted molar refractivity (Wildman–Crippen MR) is 51.2 cm³/mol. The van der Waals surface area contributed by atoms with Crippen LogP contribution in [-0.2, 0) is 18.0 Å². The molecule has 0 heterocycles. The summed E-state index contributed by atoms with van der Waals surface area (Å²) >= 11 is 0. The number of aliphatic hydroxyl groups excluding tert-OH is 1. The van der Waals surface area contributed by atoms with Gasteiger partial charge in [-0.15, -0.1) is 0 Å². The molecular weight excluding hydrogens is 266 g/mol. The van der Waals surface area contributed by atoms with Crippen molar-refractivity contribution in [3.8, 4) is 0 Å². The topological polar surface area (TPSA) is 154 Å². The van der Waals surface area contributed by atoms with Gasteiger partial charge in [0.1, 0.15) is 0 Å². The molecule has 11 heteroatoms. The number of aliphatic hydroxyl groups is 2. The lowest BCUT2D eigenvalue weighted by Gasteiger charge is -2.20. The minimum atomic E-state index is -5.13. The van der Waals surface area contributed by atoms with E-state index in [1.165, 1.54) is 6.92 Å². The molecule has 0 radical (unpaired) electrons. The number of hydrogen-bond acceptors (Lipinski definition) is 6. The van der Waals surface area contributed by atoms with Crippen molar-refractivity contribution < 1.29 is 42.9 Å². The zero-order valence-electron chi connectivity index (χ0n) is 8.38. The van der Waals surface area contributed by atoms with Gasteiger partial charge < -0.3 is 24.9 Å². The van der Waals surface area contributed by atoms with Crippen molar-refractivity contribution in [3.05, 3.63) is 0 Å². The highest BCUT2D eigenvalue weighted by molar-refractivity contribution is 7.60. The Labute approximate surface area is 91.5 Å². The van der Waals surface area contributed by atoms with Crippen molar-refractivity contribution in [2.75, 3.05) is 13.2 Å². The molecule has 9 nitrogen and oxygen atoms in total. The fourth-order valence-electron chi connectivity index (χ4n) is 0.618. The molecule has 0 saturated carbocycles. The van der Waals surface area contributed by atoms with Crippen LogP contribution in [0.2, 0.25) is 0 Å². The molecule has 0 aromatic heterocycles. The summed E-state index contributed by atoms with van der Waals surface area (Å²) in [5.41, 5.74) is -1.51. The Morgan fingerprint density at radius 3 is 2.12 bits per heavy atom. The van der Waals surface area contributed by atoms with Crippen molar-refractivity contribution in [2.24, 2.45) is 0 Å². The maximum Gasteiger partial charge on any atom is 0.481 e. The molecule has 0 aromatic rings. The van der Waals surface area contributed by atoms with Gasteiger partial charge in [0, 0.05) is 6.42 Å². The van der Waals surface area contributed by atoms with Crippen LogP contribution >= 0.6 is 15.6 Å². The lowest BCUT2D eigenvalue weighted by Crippen LogP contribution is -2.30. The molecule has 0 fully saturated rings. The van der Waals surface area contributed by atoms with Gasteiger partial charge in [0.25, 0.3) is 0 Å². The van der Waals surface area contributed by atoms with Crippen LogP contribution in [0.5, 0.6) is 0 Å². The molecule has 2 atom stereocenters. The van der Waals surface area contributed by atoms with Crippen LogP contribution in [0.4, 0.5) is 0 Å². The van der Waals surface area contributed by atoms with Crippen molar-refractivity contribution in [3.63, 3.8) is 0 Å². The highest BCUT2D eigenvalue weighted by Crippen LogP contribution is 2.57. The van der Waals surface area contributed by atoms with Gasteiger partial charge in [-0.3, -0.25) is 4.52 Å². The molecule has 1 unspecified atom stereocenters. The first-order valence-corrected chi connectivity index (χ1v) is 7.07. The van der Waals surface area contributed by atoms with Crippen LogP contribution < -0.4 is 0 Å². The maximum absolute atomic E-state index is 10.9. The van der Waals surface area contributed by atoms with Crippen LogP contribution in [0, 0.1) is 0 Å². The van der Waals surface area contributed by atoms with E-state index in [9.17, 15) is 14.2 Å². The number of hydrogen-bond donors (Lipinski definition) is 5. The van der Waals surface area contributed by atoms with Gasteiger partial charge in [-0.1, -0.05) is 0 Å². The largest absolute Gasteiger partial charge is 0.481 e. The molecule has 0 aliphatic heterocycles. The Hall–Kier alpha value is 0.180. The van der Waals surface area contributed by atoms with Crippen LogP contribution in [-0.4, -0.2) is 43.7 Å². The second-order valence-corrected chi connectivity index (χ2v) is 6.11. The van der Waals surface area contributed by atoms with E-state index in [2.05, 4.69) is 8.83 Å². The number of phosphoric ester groups is 1. The van der Waals surface area contributed by atoms with E-state index < -0.39 is 34.5 Å². The van der Waals surface area contributed by atoms with E-state index in [4.69, 9.17) is 19.8 Å². The van der Waals surface area contributed by atoms with Crippen molar-refractivity contribution in [1.29, 1.82) is 0 Å². The summed E-state index contributed by atoms with van der Waals surface area (Å²) in [7, 11) is -9.99. The molecule has 0 aromatic carbocycles. The molecule has 0 amide bonds. The van der Waals surface area contributed by atoms with E-state index >= 15 is 0 Å². The summed E-state index contributed by atoms with van der Waals surface area (Å²) in [6.45, 7) is 0.148. The smallest absolute Gasteiger partial charge is 0.393 e. The molecule has 5 N–H and O–H groups in total. The Balaban J connectivity index is 4.11. The zero-order chi connectivity index (χ0) is 13.0. The fourth-order valence-corrected chi connectivity index (χ4v) is 2.20. The normalized spacial score (nSPS) is 20.1. The predicted octanol–water partition coefficient (Wildman–Crippen LogP) is -0.654. The molecule has 16 heavy (non-hydrogen) atoms. The molecule has 0 rings (SSSR count). The molecule has 0 saturated heterocycles. The van der Waals surface area contributed by atoms with Gasteiger partial charge in [-0.25, -0.2) is 9.13 Å². The standard InChI is InChI=1S/C5H14O9P2/c1-5(7,4-6)2-3-13-16(11,12)14-15(8,9)10/h6-7H,2-4H2,1H3,(H,11,12)(H2,8,9,10)/t5-/m1/s1. The summed E-state index contributed by atoms with van der Waals surface area (Å²) in [5.74, 6) is 0. The lowest BCUT2D eigenvalue weighted by atomic mass is 10.1. The highest BCUT2D eigenvalue weighted by Gasteiger charge is 2.33. The van der Waals surface area contributed by atoms with E-state index in [1.807, 2.05) is 0 Å². The summed E-state index contributed by atoms with van der Waals surface area (Å²) in [5, 5.41) is 17.9. The van der Waals surface area contributed by atoms with E-state index in [0.717, 1.165) is 0 Å². The van der Waals surface area contributed by atoms with E-state index in [-0.39, 0.29) is 6.42 Å². The fraction of sp³-hybridized carbons (Fsp3) is 1.00. The monoisotopic (exact) mass is 280 g/mol. The second-order valence-electron chi connectivity index (χ2n) is 3.28. The maximum atomic E-state index is 10.9. The summed E-state index contributed by atoms with van der Waals surface area (Å²) < 4.78 is 28.8. The minimum absolute atomic E-state index is 0.210. The number of phosphoric acid groups is 2. The Morgan fingerprint density at radius 1 is 1.25 bits per heavy atom. The van der Waals surface area contributed by atoms with Crippen molar-refractivity contribution in [2.45, 2.75) is 18.9 Å². The van der Waals surface area contributed by atoms with Gasteiger partial charge in [0.2, 0.25) is 0 Å². The third kappa shape index (κ3) is 8.35. The summed E-state index contributed by atoms with van der Waals surface area (Å²) in [6, 6.07) is 0. The van der Waals surface area contributed by atoms with Crippen LogP contribution in [0.25, 0.3) is 0 Å². The third-order valence-corrected chi connectivity index (χ3v) is 3.63. The van der Waals surface area contributed by atoms with Crippen LogP contribution in [0.3, 0.4) is 0 Å². The van der Waals surface area contributed by atoms with Crippen LogP contribution in [0.1, 0.15) is 13.3 Å². The van der Waals surface area contributed by atoms with E-state index in [1.54, 1.807) is 0 Å². The van der Waals surface area contributed by atoms with Gasteiger partial charge in [-0.05, 0) is 6.92 Å². The van der Waals surface area contributed by atoms with Gasteiger partial charge in [-0.2, -0.15) is 4.31 Å². The molecule has 0 aliphatic carbocycles. The first-order valence-electron chi connectivity index (χ1n) is 4.05. The van der Waals surface area contributed by atoms with Gasteiger partial charge in [0.05, 0.1) is 18.8 Å². The van der Waals surface area contributed by atoms with Crippen molar-refractivity contribution in [1.82, 2.24) is 0 Å². The SMILES string of the molecule is C[C@](O)(CO)CCOP(=O)(O)OP(=O)(O)O. The minimum Gasteiger partial charge on any atom is -0.393 e.